The molecule has 0 bridgehead atoms. The number of carboxylic acids is 1. The first kappa shape index (κ1) is 16.9. The normalized spacial score (nSPS) is 20.1. The van der Waals surface area contributed by atoms with Crippen molar-refractivity contribution >= 4 is 11.9 Å². The van der Waals surface area contributed by atoms with Gasteiger partial charge in [0.25, 0.3) is 0 Å². The number of aromatic nitrogens is 3. The Hall–Kier alpha value is -2.90. The molecular weight excluding hydrogens is 324 g/mol. The van der Waals surface area contributed by atoms with Crippen molar-refractivity contribution in [2.45, 2.75) is 25.9 Å². The quantitative estimate of drug-likeness (QED) is 0.878. The first-order valence-corrected chi connectivity index (χ1v) is 7.92. The first-order valence-electron chi connectivity index (χ1n) is 7.92. The lowest BCUT2D eigenvalue weighted by Crippen LogP contribution is -2.30. The Morgan fingerprint density at radius 3 is 2.84 bits per heavy atom. The molecular formula is C17H20N4O4. The van der Waals surface area contributed by atoms with Crippen LogP contribution < -0.4 is 4.74 Å². The number of ether oxygens (including phenoxy) is 1. The average Bonchev–Trinajstić information content (AvgIpc) is 3.09. The Bertz CT molecular complexity index is 817. The molecule has 2 aromatic rings. The van der Waals surface area contributed by atoms with Crippen molar-refractivity contribution in [1.82, 2.24) is 19.7 Å². The number of likely N-dealkylation sites (tertiary alicyclic amines) is 1. The molecule has 0 saturated carbocycles. The number of carboxylic acid groups (broad SMARTS) is 1. The minimum atomic E-state index is -0.984. The second-order valence-corrected chi connectivity index (χ2v) is 6.10. The summed E-state index contributed by atoms with van der Waals surface area (Å²) in [4.78, 5) is 30.0. The number of amides is 1. The molecule has 0 aliphatic carbocycles. The van der Waals surface area contributed by atoms with E-state index in [1.807, 2.05) is 13.0 Å². The summed E-state index contributed by atoms with van der Waals surface area (Å²) in [7, 11) is 3.31. The molecule has 3 rings (SSSR count). The van der Waals surface area contributed by atoms with E-state index in [1.54, 1.807) is 35.1 Å². The third kappa shape index (κ3) is 2.95. The van der Waals surface area contributed by atoms with Crippen LogP contribution in [-0.2, 0) is 23.2 Å². The number of nitrogens with zero attached hydrogens (tertiary/aromatic N) is 4. The van der Waals surface area contributed by atoms with Crippen molar-refractivity contribution in [3.63, 3.8) is 0 Å². The molecule has 1 amide bonds. The highest BCUT2D eigenvalue weighted by Crippen LogP contribution is 2.40. The Morgan fingerprint density at radius 2 is 2.24 bits per heavy atom. The largest absolute Gasteiger partial charge is 0.481 e. The molecule has 1 aliphatic rings. The van der Waals surface area contributed by atoms with Gasteiger partial charge in [0.1, 0.15) is 0 Å². The summed E-state index contributed by atoms with van der Waals surface area (Å²) in [5.41, 5.74) is 2.33. The number of carbonyl (C=O) groups is 2. The predicted octanol–water partition coefficient (Wildman–Crippen LogP) is 1.31. The Balaban J connectivity index is 2.01. The summed E-state index contributed by atoms with van der Waals surface area (Å²) in [6.45, 7) is 2.10. The van der Waals surface area contributed by atoms with Gasteiger partial charge >= 0.3 is 5.97 Å². The van der Waals surface area contributed by atoms with E-state index in [2.05, 4.69) is 10.1 Å². The van der Waals surface area contributed by atoms with Gasteiger partial charge in [-0.15, -0.1) is 0 Å². The van der Waals surface area contributed by atoms with E-state index in [4.69, 9.17) is 4.74 Å². The fourth-order valence-electron chi connectivity index (χ4n) is 3.30. The van der Waals surface area contributed by atoms with E-state index in [-0.39, 0.29) is 18.9 Å². The van der Waals surface area contributed by atoms with Crippen LogP contribution in [0.4, 0.5) is 0 Å². The fourth-order valence-corrected chi connectivity index (χ4v) is 3.30. The smallest absolute Gasteiger partial charge is 0.309 e. The maximum Gasteiger partial charge on any atom is 0.309 e. The van der Waals surface area contributed by atoms with Gasteiger partial charge in [-0.2, -0.15) is 5.10 Å². The summed E-state index contributed by atoms with van der Waals surface area (Å²) in [5.74, 6) is -1.57. The maximum atomic E-state index is 12.6. The van der Waals surface area contributed by atoms with Crippen molar-refractivity contribution in [3.8, 4) is 5.88 Å². The maximum absolute atomic E-state index is 12.6. The van der Waals surface area contributed by atoms with Crippen LogP contribution >= 0.6 is 0 Å². The molecule has 1 N–H and O–H groups in total. The Kier molecular flexibility index (Phi) is 4.43. The van der Waals surface area contributed by atoms with Gasteiger partial charge in [-0.25, -0.2) is 4.98 Å². The van der Waals surface area contributed by atoms with Crippen LogP contribution in [0.3, 0.4) is 0 Å². The van der Waals surface area contributed by atoms with Crippen LogP contribution in [0.5, 0.6) is 5.88 Å². The molecule has 25 heavy (non-hydrogen) atoms. The fraction of sp³-hybridized carbons (Fsp3) is 0.412. The molecule has 2 atom stereocenters. The molecule has 0 unspecified atom stereocenters. The summed E-state index contributed by atoms with van der Waals surface area (Å²) in [6.07, 6.45) is 3.22. The van der Waals surface area contributed by atoms with Crippen LogP contribution in [0.15, 0.2) is 24.5 Å². The zero-order valence-corrected chi connectivity index (χ0v) is 14.3. The van der Waals surface area contributed by atoms with Crippen molar-refractivity contribution in [2.75, 3.05) is 7.11 Å². The lowest BCUT2D eigenvalue weighted by Gasteiger charge is -2.27. The highest BCUT2D eigenvalue weighted by Gasteiger charge is 2.46. The van der Waals surface area contributed by atoms with Crippen LogP contribution in [0.1, 0.15) is 29.3 Å². The molecule has 0 radical (unpaired) electrons. The van der Waals surface area contributed by atoms with E-state index >= 15 is 0 Å². The number of aliphatic carboxylic acids is 1. The van der Waals surface area contributed by atoms with E-state index < -0.39 is 17.9 Å². The lowest BCUT2D eigenvalue weighted by molar-refractivity contribution is -0.142. The number of hydrogen-bond acceptors (Lipinski definition) is 5. The van der Waals surface area contributed by atoms with E-state index in [0.717, 1.165) is 16.8 Å². The van der Waals surface area contributed by atoms with E-state index in [1.165, 1.54) is 7.11 Å². The zero-order chi connectivity index (χ0) is 18.1. The molecule has 1 saturated heterocycles. The van der Waals surface area contributed by atoms with Gasteiger partial charge in [0.2, 0.25) is 11.8 Å². The number of aryl methyl sites for hydroxylation is 1. The highest BCUT2D eigenvalue weighted by atomic mass is 16.5. The third-order valence-electron chi connectivity index (χ3n) is 4.72. The minimum Gasteiger partial charge on any atom is -0.481 e. The summed E-state index contributed by atoms with van der Waals surface area (Å²) >= 11 is 0. The van der Waals surface area contributed by atoms with Crippen LogP contribution in [-0.4, -0.2) is 43.8 Å². The van der Waals surface area contributed by atoms with Crippen molar-refractivity contribution in [2.24, 2.45) is 13.0 Å². The first-order chi connectivity index (χ1) is 11.9. The third-order valence-corrected chi connectivity index (χ3v) is 4.72. The van der Waals surface area contributed by atoms with Crippen molar-refractivity contribution in [3.05, 3.63) is 41.3 Å². The predicted molar refractivity (Wildman–Crippen MR) is 87.8 cm³/mol. The number of methoxy groups -OCH3 is 1. The van der Waals surface area contributed by atoms with Crippen LogP contribution in [0, 0.1) is 12.8 Å². The van der Waals surface area contributed by atoms with Crippen molar-refractivity contribution in [1.29, 1.82) is 0 Å². The van der Waals surface area contributed by atoms with E-state index in [9.17, 15) is 14.7 Å². The SMILES string of the molecule is COc1ncccc1CN1C(=O)C[C@H](C(=O)O)[C@H]1c1cnn(C)c1C. The highest BCUT2D eigenvalue weighted by molar-refractivity contribution is 5.87. The van der Waals surface area contributed by atoms with Gasteiger partial charge in [-0.3, -0.25) is 14.3 Å². The zero-order valence-electron chi connectivity index (χ0n) is 14.3. The van der Waals surface area contributed by atoms with Gasteiger partial charge in [0, 0.05) is 36.5 Å². The van der Waals surface area contributed by atoms with Gasteiger partial charge in [-0.1, -0.05) is 6.07 Å². The monoisotopic (exact) mass is 344 g/mol. The molecule has 0 aromatic carbocycles. The standard InChI is InChI=1S/C17H20N4O4/c1-10-13(8-19-20(10)2)15-12(17(23)24)7-14(22)21(15)9-11-5-4-6-18-16(11)25-3/h4-6,8,12,15H,7,9H2,1-3H3,(H,23,24)/t12-,15-/m0/s1. The second kappa shape index (κ2) is 6.54. The number of carbonyl (C=O) groups excluding carboxylic acids is 1. The number of hydrogen-bond donors (Lipinski definition) is 1. The molecule has 8 nitrogen and oxygen atoms in total. The molecule has 1 fully saturated rings. The van der Waals surface area contributed by atoms with Gasteiger partial charge in [-0.05, 0) is 13.0 Å². The molecule has 3 heterocycles. The van der Waals surface area contributed by atoms with Gasteiger partial charge in [0.15, 0.2) is 0 Å². The average molecular weight is 344 g/mol. The minimum absolute atomic E-state index is 0.0308. The van der Waals surface area contributed by atoms with Gasteiger partial charge in [0.05, 0.1) is 31.8 Å². The topological polar surface area (TPSA) is 97.6 Å². The summed E-state index contributed by atoms with van der Waals surface area (Å²) < 4.78 is 6.93. The molecule has 2 aromatic heterocycles. The molecule has 0 spiro atoms. The van der Waals surface area contributed by atoms with Crippen LogP contribution in [0.25, 0.3) is 0 Å². The molecule has 132 valence electrons. The van der Waals surface area contributed by atoms with Crippen LogP contribution in [0.2, 0.25) is 0 Å². The summed E-state index contributed by atoms with van der Waals surface area (Å²) in [6, 6.07) is 3.02. The van der Waals surface area contributed by atoms with E-state index in [0.29, 0.717) is 5.88 Å². The Labute approximate surface area is 145 Å². The molecule has 1 aliphatic heterocycles. The van der Waals surface area contributed by atoms with Crippen molar-refractivity contribution < 1.29 is 19.4 Å². The Morgan fingerprint density at radius 1 is 1.48 bits per heavy atom. The lowest BCUT2D eigenvalue weighted by atomic mass is 9.94. The molecule has 8 heteroatoms. The second-order valence-electron chi connectivity index (χ2n) is 6.10. The summed E-state index contributed by atoms with van der Waals surface area (Å²) in [5, 5.41) is 13.8. The van der Waals surface area contributed by atoms with Gasteiger partial charge < -0.3 is 14.7 Å². The number of pyridine rings is 1. The number of rotatable bonds is 5.